The van der Waals surface area contributed by atoms with Crippen molar-refractivity contribution in [2.24, 2.45) is 11.7 Å². The number of carbonyl (C=O) groups is 1. The number of aryl methyl sites for hydroxylation is 1. The van der Waals surface area contributed by atoms with E-state index >= 15 is 0 Å². The normalized spacial score (nSPS) is 21.1. The highest BCUT2D eigenvalue weighted by Crippen LogP contribution is 2.20. The van der Waals surface area contributed by atoms with Crippen molar-refractivity contribution < 1.29 is 9.32 Å². The van der Waals surface area contributed by atoms with E-state index in [0.29, 0.717) is 24.8 Å². The van der Waals surface area contributed by atoms with Gasteiger partial charge in [0.25, 0.3) is 0 Å². The van der Waals surface area contributed by atoms with E-state index in [2.05, 4.69) is 22.0 Å². The SMILES string of the molecule is Cc1noc(C(C)N2CCN(C(=O)C(C)C(C)N)CC2)n1. The summed E-state index contributed by atoms with van der Waals surface area (Å²) in [7, 11) is 0. The Labute approximate surface area is 125 Å². The van der Waals surface area contributed by atoms with E-state index in [9.17, 15) is 4.79 Å². The molecule has 1 fully saturated rings. The zero-order valence-corrected chi connectivity index (χ0v) is 13.2. The van der Waals surface area contributed by atoms with Crippen molar-refractivity contribution in [3.8, 4) is 0 Å². The summed E-state index contributed by atoms with van der Waals surface area (Å²) in [6.07, 6.45) is 0. The van der Waals surface area contributed by atoms with Crippen LogP contribution in [0.3, 0.4) is 0 Å². The first kappa shape index (κ1) is 15.9. The molecule has 1 aromatic heterocycles. The predicted octanol–water partition coefficient (Wildman–Crippen LogP) is 0.567. The third-order valence-corrected chi connectivity index (χ3v) is 4.25. The Morgan fingerprint density at radius 3 is 2.33 bits per heavy atom. The van der Waals surface area contributed by atoms with Crippen molar-refractivity contribution in [1.82, 2.24) is 19.9 Å². The maximum absolute atomic E-state index is 12.3. The summed E-state index contributed by atoms with van der Waals surface area (Å²) in [5, 5.41) is 3.83. The lowest BCUT2D eigenvalue weighted by Crippen LogP contribution is -2.52. The van der Waals surface area contributed by atoms with Crippen molar-refractivity contribution >= 4 is 5.91 Å². The molecule has 0 saturated carbocycles. The van der Waals surface area contributed by atoms with Gasteiger partial charge in [-0.25, -0.2) is 0 Å². The number of nitrogens with zero attached hydrogens (tertiary/aromatic N) is 4. The quantitative estimate of drug-likeness (QED) is 0.873. The molecule has 1 aliphatic rings. The van der Waals surface area contributed by atoms with E-state index in [1.54, 1.807) is 0 Å². The molecule has 1 aliphatic heterocycles. The highest BCUT2D eigenvalue weighted by molar-refractivity contribution is 5.79. The number of amides is 1. The average molecular weight is 295 g/mol. The summed E-state index contributed by atoms with van der Waals surface area (Å²) in [6, 6.07) is -0.0369. The van der Waals surface area contributed by atoms with Gasteiger partial charge >= 0.3 is 0 Å². The Balaban J connectivity index is 1.90. The van der Waals surface area contributed by atoms with Gasteiger partial charge in [0.1, 0.15) is 0 Å². The summed E-state index contributed by atoms with van der Waals surface area (Å²) >= 11 is 0. The molecular weight excluding hydrogens is 270 g/mol. The third-order valence-electron chi connectivity index (χ3n) is 4.25. The molecule has 1 saturated heterocycles. The largest absolute Gasteiger partial charge is 0.340 e. The lowest BCUT2D eigenvalue weighted by Gasteiger charge is -2.38. The molecule has 2 heterocycles. The second-order valence-corrected chi connectivity index (χ2v) is 5.86. The molecule has 0 radical (unpaired) electrons. The minimum absolute atomic E-state index is 0.0781. The Morgan fingerprint density at radius 1 is 1.24 bits per heavy atom. The summed E-state index contributed by atoms with van der Waals surface area (Å²) in [5.41, 5.74) is 5.81. The predicted molar refractivity (Wildman–Crippen MR) is 78.4 cm³/mol. The first-order valence-corrected chi connectivity index (χ1v) is 7.48. The van der Waals surface area contributed by atoms with Crippen molar-refractivity contribution in [2.45, 2.75) is 39.8 Å². The molecule has 0 spiro atoms. The number of piperazine rings is 1. The van der Waals surface area contributed by atoms with Crippen LogP contribution < -0.4 is 5.73 Å². The zero-order valence-electron chi connectivity index (χ0n) is 13.2. The van der Waals surface area contributed by atoms with Crippen LogP contribution in [0.5, 0.6) is 0 Å². The van der Waals surface area contributed by atoms with Gasteiger partial charge in [0, 0.05) is 32.2 Å². The lowest BCUT2D eigenvalue weighted by atomic mass is 10.0. The van der Waals surface area contributed by atoms with Gasteiger partial charge in [0.15, 0.2) is 5.82 Å². The smallest absolute Gasteiger partial charge is 0.243 e. The molecule has 3 atom stereocenters. The van der Waals surface area contributed by atoms with E-state index in [1.165, 1.54) is 0 Å². The van der Waals surface area contributed by atoms with Gasteiger partial charge in [-0.15, -0.1) is 0 Å². The number of aromatic nitrogens is 2. The highest BCUT2D eigenvalue weighted by atomic mass is 16.5. The fraction of sp³-hybridized carbons (Fsp3) is 0.786. The zero-order chi connectivity index (χ0) is 15.6. The highest BCUT2D eigenvalue weighted by Gasteiger charge is 2.29. The fourth-order valence-corrected chi connectivity index (χ4v) is 2.48. The molecule has 2 N–H and O–H groups in total. The van der Waals surface area contributed by atoms with Gasteiger partial charge in [0.2, 0.25) is 11.8 Å². The Bertz CT molecular complexity index is 479. The molecule has 2 rings (SSSR count). The molecule has 0 bridgehead atoms. The number of hydrogen-bond acceptors (Lipinski definition) is 6. The van der Waals surface area contributed by atoms with Crippen molar-refractivity contribution in [3.63, 3.8) is 0 Å². The number of nitrogens with two attached hydrogens (primary N) is 1. The van der Waals surface area contributed by atoms with E-state index in [1.807, 2.05) is 25.7 Å². The van der Waals surface area contributed by atoms with Crippen LogP contribution in [0, 0.1) is 12.8 Å². The summed E-state index contributed by atoms with van der Waals surface area (Å²) < 4.78 is 5.22. The molecule has 1 aromatic rings. The van der Waals surface area contributed by atoms with Crippen molar-refractivity contribution in [3.05, 3.63) is 11.7 Å². The topological polar surface area (TPSA) is 88.5 Å². The second-order valence-electron chi connectivity index (χ2n) is 5.86. The van der Waals surface area contributed by atoms with Crippen LogP contribution in [0.2, 0.25) is 0 Å². The van der Waals surface area contributed by atoms with Crippen LogP contribution in [0.4, 0.5) is 0 Å². The minimum Gasteiger partial charge on any atom is -0.340 e. The maximum Gasteiger partial charge on any atom is 0.243 e. The van der Waals surface area contributed by atoms with Gasteiger partial charge in [-0.05, 0) is 20.8 Å². The summed E-state index contributed by atoms with van der Waals surface area (Å²) in [5.74, 6) is 1.30. The molecule has 0 aliphatic carbocycles. The van der Waals surface area contributed by atoms with Gasteiger partial charge in [0.05, 0.1) is 12.0 Å². The monoisotopic (exact) mass is 295 g/mol. The fourth-order valence-electron chi connectivity index (χ4n) is 2.48. The molecule has 7 nitrogen and oxygen atoms in total. The average Bonchev–Trinajstić information content (AvgIpc) is 2.91. The van der Waals surface area contributed by atoms with Gasteiger partial charge < -0.3 is 15.2 Å². The van der Waals surface area contributed by atoms with Crippen LogP contribution in [-0.2, 0) is 4.79 Å². The molecular formula is C14H25N5O2. The molecule has 7 heteroatoms. The van der Waals surface area contributed by atoms with Crippen LogP contribution in [0.15, 0.2) is 4.52 Å². The molecule has 118 valence electrons. The number of rotatable bonds is 4. The Hall–Kier alpha value is -1.47. The third kappa shape index (κ3) is 3.59. The standard InChI is InChI=1S/C14H25N5O2/c1-9(10(2)15)14(20)19-7-5-18(6-8-19)11(3)13-16-12(4)17-21-13/h9-11H,5-8,15H2,1-4H3. The van der Waals surface area contributed by atoms with Gasteiger partial charge in [-0.1, -0.05) is 12.1 Å². The molecule has 1 amide bonds. The maximum atomic E-state index is 12.3. The van der Waals surface area contributed by atoms with E-state index in [0.717, 1.165) is 13.1 Å². The van der Waals surface area contributed by atoms with Crippen LogP contribution in [0.1, 0.15) is 38.5 Å². The van der Waals surface area contributed by atoms with Crippen LogP contribution in [-0.4, -0.2) is 58.1 Å². The van der Waals surface area contributed by atoms with Crippen molar-refractivity contribution in [1.29, 1.82) is 0 Å². The Kier molecular flexibility index (Phi) is 4.95. The van der Waals surface area contributed by atoms with Crippen LogP contribution >= 0.6 is 0 Å². The minimum atomic E-state index is -0.132. The molecule has 0 aromatic carbocycles. The van der Waals surface area contributed by atoms with E-state index in [-0.39, 0.29) is 23.9 Å². The summed E-state index contributed by atoms with van der Waals surface area (Å²) in [6.45, 7) is 10.7. The van der Waals surface area contributed by atoms with E-state index < -0.39 is 0 Å². The van der Waals surface area contributed by atoms with Crippen LogP contribution in [0.25, 0.3) is 0 Å². The van der Waals surface area contributed by atoms with Gasteiger partial charge in [-0.2, -0.15) is 4.98 Å². The first-order valence-electron chi connectivity index (χ1n) is 7.48. The van der Waals surface area contributed by atoms with E-state index in [4.69, 9.17) is 10.3 Å². The number of carbonyl (C=O) groups excluding carboxylic acids is 1. The Morgan fingerprint density at radius 2 is 1.86 bits per heavy atom. The molecule has 21 heavy (non-hydrogen) atoms. The molecule has 3 unspecified atom stereocenters. The number of hydrogen-bond donors (Lipinski definition) is 1. The second kappa shape index (κ2) is 6.53. The van der Waals surface area contributed by atoms with Crippen molar-refractivity contribution in [2.75, 3.05) is 26.2 Å². The summed E-state index contributed by atoms with van der Waals surface area (Å²) in [4.78, 5) is 20.7. The first-order chi connectivity index (χ1) is 9.90. The van der Waals surface area contributed by atoms with Gasteiger partial charge in [-0.3, -0.25) is 9.69 Å². The lowest BCUT2D eigenvalue weighted by molar-refractivity contribution is -0.137.